The molecule has 1 aromatic carbocycles. The maximum Gasteiger partial charge on any atom is 0.220 e. The van der Waals surface area contributed by atoms with Crippen LogP contribution in [0, 0.1) is 0 Å². The first-order valence-corrected chi connectivity index (χ1v) is 8.72. The van der Waals surface area contributed by atoms with Crippen molar-refractivity contribution in [1.82, 2.24) is 9.97 Å². The summed E-state index contributed by atoms with van der Waals surface area (Å²) in [5, 5.41) is 9.69. The van der Waals surface area contributed by atoms with Gasteiger partial charge < -0.3 is 14.6 Å². The Morgan fingerprint density at radius 2 is 1.96 bits per heavy atom. The van der Waals surface area contributed by atoms with Crippen molar-refractivity contribution in [2.75, 3.05) is 7.11 Å². The third-order valence-electron chi connectivity index (χ3n) is 4.74. The topological polar surface area (TPSA) is 64.5 Å². The normalized spacial score (nSPS) is 22.2. The summed E-state index contributed by atoms with van der Waals surface area (Å²) in [6, 6.07) is 7.84. The van der Waals surface area contributed by atoms with Crippen LogP contribution in [-0.4, -0.2) is 28.3 Å². The third kappa shape index (κ3) is 3.66. The van der Waals surface area contributed by atoms with Crippen LogP contribution < -0.4 is 9.47 Å². The molecule has 130 valence electrons. The van der Waals surface area contributed by atoms with Crippen LogP contribution in [0.25, 0.3) is 0 Å². The second-order valence-corrected chi connectivity index (χ2v) is 6.69. The van der Waals surface area contributed by atoms with Gasteiger partial charge in [-0.25, -0.2) is 4.98 Å². The highest BCUT2D eigenvalue weighted by atomic mass is 16.5. The molecule has 1 N–H and O–H groups in total. The smallest absolute Gasteiger partial charge is 0.220 e. The van der Waals surface area contributed by atoms with Gasteiger partial charge in [-0.15, -0.1) is 0 Å². The number of nitrogens with zero attached hydrogens (tertiary/aromatic N) is 2. The van der Waals surface area contributed by atoms with Crippen LogP contribution >= 0.6 is 0 Å². The SMILES string of the molecule is COc1ccc(COc2nc(C3C=CC(O)C3)ncc2C2CC2)cc1. The summed E-state index contributed by atoms with van der Waals surface area (Å²) in [7, 11) is 1.66. The molecule has 0 spiro atoms. The van der Waals surface area contributed by atoms with Crippen molar-refractivity contribution >= 4 is 0 Å². The lowest BCUT2D eigenvalue weighted by atomic mass is 10.1. The van der Waals surface area contributed by atoms with E-state index in [0.717, 1.165) is 22.7 Å². The van der Waals surface area contributed by atoms with Gasteiger partial charge in [0.05, 0.1) is 13.2 Å². The minimum atomic E-state index is -0.402. The predicted molar refractivity (Wildman–Crippen MR) is 93.8 cm³/mol. The van der Waals surface area contributed by atoms with Gasteiger partial charge in [0.2, 0.25) is 5.88 Å². The van der Waals surface area contributed by atoms with Gasteiger partial charge in [-0.2, -0.15) is 4.98 Å². The van der Waals surface area contributed by atoms with E-state index in [2.05, 4.69) is 9.97 Å². The van der Waals surface area contributed by atoms with Gasteiger partial charge in [0.15, 0.2) is 0 Å². The molecule has 5 heteroatoms. The van der Waals surface area contributed by atoms with Crippen LogP contribution in [0.5, 0.6) is 11.6 Å². The molecule has 0 bridgehead atoms. The molecule has 1 aromatic heterocycles. The maximum atomic E-state index is 9.69. The van der Waals surface area contributed by atoms with Crippen molar-refractivity contribution in [3.8, 4) is 11.6 Å². The Labute approximate surface area is 147 Å². The molecule has 2 aliphatic rings. The molecule has 0 saturated heterocycles. The standard InChI is InChI=1S/C20H22N2O3/c1-24-17-8-2-13(3-9-17)12-25-20-18(14-4-5-14)11-21-19(22-20)15-6-7-16(23)10-15/h2-3,6-9,11,14-16,23H,4-5,10,12H2,1H3. The number of aliphatic hydroxyl groups excluding tert-OH is 1. The minimum absolute atomic E-state index is 0.0617. The van der Waals surface area contributed by atoms with E-state index >= 15 is 0 Å². The summed E-state index contributed by atoms with van der Waals surface area (Å²) < 4.78 is 11.2. The largest absolute Gasteiger partial charge is 0.497 e. The van der Waals surface area contributed by atoms with Crippen molar-refractivity contribution in [2.24, 2.45) is 0 Å². The number of rotatable bonds is 6. The van der Waals surface area contributed by atoms with Crippen LogP contribution in [0.15, 0.2) is 42.6 Å². The van der Waals surface area contributed by atoms with Crippen molar-refractivity contribution < 1.29 is 14.6 Å². The van der Waals surface area contributed by atoms with Gasteiger partial charge in [-0.1, -0.05) is 24.3 Å². The Kier molecular flexibility index (Phi) is 4.40. The summed E-state index contributed by atoms with van der Waals surface area (Å²) in [5.41, 5.74) is 2.17. The molecule has 1 heterocycles. The molecule has 1 fully saturated rings. The van der Waals surface area contributed by atoms with E-state index in [1.54, 1.807) is 13.2 Å². The van der Waals surface area contributed by atoms with E-state index in [-0.39, 0.29) is 5.92 Å². The first kappa shape index (κ1) is 16.1. The van der Waals surface area contributed by atoms with Crippen LogP contribution in [0.1, 0.15) is 48.0 Å². The van der Waals surface area contributed by atoms with E-state index in [0.29, 0.717) is 24.8 Å². The number of methoxy groups -OCH3 is 1. The number of ether oxygens (including phenoxy) is 2. The number of allylic oxidation sites excluding steroid dienone is 1. The van der Waals surface area contributed by atoms with Crippen LogP contribution in [0.2, 0.25) is 0 Å². The number of aromatic nitrogens is 2. The molecule has 2 aromatic rings. The van der Waals surface area contributed by atoms with Crippen LogP contribution in [0.4, 0.5) is 0 Å². The maximum absolute atomic E-state index is 9.69. The minimum Gasteiger partial charge on any atom is -0.497 e. The fourth-order valence-corrected chi connectivity index (χ4v) is 3.10. The van der Waals surface area contributed by atoms with Gasteiger partial charge >= 0.3 is 0 Å². The Morgan fingerprint density at radius 1 is 1.16 bits per heavy atom. The second-order valence-electron chi connectivity index (χ2n) is 6.69. The fraction of sp³-hybridized carbons (Fsp3) is 0.400. The molecule has 1 saturated carbocycles. The van der Waals surface area contributed by atoms with E-state index in [4.69, 9.17) is 9.47 Å². The lowest BCUT2D eigenvalue weighted by molar-refractivity contribution is 0.217. The summed E-state index contributed by atoms with van der Waals surface area (Å²) in [6.45, 7) is 0.462. The zero-order chi connectivity index (χ0) is 17.2. The van der Waals surface area contributed by atoms with Crippen molar-refractivity contribution in [2.45, 2.75) is 43.8 Å². The van der Waals surface area contributed by atoms with Gasteiger partial charge in [0.25, 0.3) is 0 Å². The lowest BCUT2D eigenvalue weighted by Gasteiger charge is -2.14. The zero-order valence-corrected chi connectivity index (χ0v) is 14.3. The Bertz CT molecular complexity index is 769. The van der Waals surface area contributed by atoms with E-state index in [1.807, 2.05) is 36.5 Å². The predicted octanol–water partition coefficient (Wildman–Crippen LogP) is 3.35. The molecule has 2 aliphatic carbocycles. The number of benzene rings is 1. The van der Waals surface area contributed by atoms with Crippen LogP contribution in [0.3, 0.4) is 0 Å². The second kappa shape index (κ2) is 6.84. The highest BCUT2D eigenvalue weighted by molar-refractivity contribution is 5.33. The van der Waals surface area contributed by atoms with Gasteiger partial charge in [0, 0.05) is 17.7 Å². The van der Waals surface area contributed by atoms with Crippen molar-refractivity contribution in [3.63, 3.8) is 0 Å². The molecule has 0 amide bonds. The molecule has 25 heavy (non-hydrogen) atoms. The summed E-state index contributed by atoms with van der Waals surface area (Å²) >= 11 is 0. The number of hydrogen-bond acceptors (Lipinski definition) is 5. The summed E-state index contributed by atoms with van der Waals surface area (Å²) in [5.74, 6) is 2.81. The first-order chi connectivity index (χ1) is 12.2. The average molecular weight is 338 g/mol. The summed E-state index contributed by atoms with van der Waals surface area (Å²) in [6.07, 6.45) is 8.26. The first-order valence-electron chi connectivity index (χ1n) is 8.72. The Balaban J connectivity index is 1.52. The highest BCUT2D eigenvalue weighted by Crippen LogP contribution is 2.44. The van der Waals surface area contributed by atoms with Gasteiger partial charge in [-0.3, -0.25) is 0 Å². The molecule has 0 radical (unpaired) electrons. The van der Waals surface area contributed by atoms with Crippen molar-refractivity contribution in [3.05, 3.63) is 59.6 Å². The quantitative estimate of drug-likeness (QED) is 0.818. The zero-order valence-electron chi connectivity index (χ0n) is 14.3. The van der Waals surface area contributed by atoms with Gasteiger partial charge in [-0.05, 0) is 42.9 Å². The molecule has 5 nitrogen and oxygen atoms in total. The number of hydrogen-bond donors (Lipinski definition) is 1. The van der Waals surface area contributed by atoms with E-state index in [1.165, 1.54) is 12.8 Å². The van der Waals surface area contributed by atoms with Gasteiger partial charge in [0.1, 0.15) is 18.2 Å². The Hall–Kier alpha value is -2.40. The molecule has 0 aliphatic heterocycles. The molecule has 2 atom stereocenters. The fourth-order valence-electron chi connectivity index (χ4n) is 3.10. The molecular formula is C20H22N2O3. The molecule has 4 rings (SSSR count). The Morgan fingerprint density at radius 3 is 2.60 bits per heavy atom. The molecular weight excluding hydrogens is 316 g/mol. The lowest BCUT2D eigenvalue weighted by Crippen LogP contribution is -2.08. The highest BCUT2D eigenvalue weighted by Gasteiger charge is 2.30. The third-order valence-corrected chi connectivity index (χ3v) is 4.74. The summed E-state index contributed by atoms with van der Waals surface area (Å²) in [4.78, 5) is 9.20. The molecule has 2 unspecified atom stereocenters. The monoisotopic (exact) mass is 338 g/mol. The van der Waals surface area contributed by atoms with E-state index < -0.39 is 6.10 Å². The van der Waals surface area contributed by atoms with Crippen LogP contribution in [-0.2, 0) is 6.61 Å². The number of aliphatic hydroxyl groups is 1. The van der Waals surface area contributed by atoms with E-state index in [9.17, 15) is 5.11 Å². The van der Waals surface area contributed by atoms with Crippen molar-refractivity contribution in [1.29, 1.82) is 0 Å². The average Bonchev–Trinajstić information content (AvgIpc) is 3.40.